The van der Waals surface area contributed by atoms with Crippen LogP contribution in [0.15, 0.2) is 0 Å². The number of piperidine rings is 1. The van der Waals surface area contributed by atoms with Gasteiger partial charge in [-0.3, -0.25) is 4.84 Å². The Morgan fingerprint density at radius 3 is 1.90 bits per heavy atom. The second-order valence-electron chi connectivity index (χ2n) is 7.42. The van der Waals surface area contributed by atoms with Crippen molar-refractivity contribution in [2.45, 2.75) is 96.6 Å². The quantitative estimate of drug-likeness (QED) is 0.281. The molecule has 0 aromatic heterocycles. The van der Waals surface area contributed by atoms with Gasteiger partial charge in [-0.2, -0.15) is 5.06 Å². The third-order valence-electron chi connectivity index (χ3n) is 4.43. The maximum Gasteiger partial charge on any atom is 0.0685 e. The molecule has 1 fully saturated rings. The molecule has 0 spiro atoms. The minimum absolute atomic E-state index is 0.183. The summed E-state index contributed by atoms with van der Waals surface area (Å²) in [5, 5.41) is 2.29. The third kappa shape index (κ3) is 6.18. The molecule has 0 N–H and O–H groups in total. The lowest BCUT2D eigenvalue weighted by atomic mass is 9.82. The summed E-state index contributed by atoms with van der Waals surface area (Å²) in [6, 6.07) is 0. The molecule has 2 nitrogen and oxygen atoms in total. The van der Waals surface area contributed by atoms with Crippen LogP contribution >= 0.6 is 22.6 Å². The number of alkyl halides is 1. The van der Waals surface area contributed by atoms with Crippen LogP contribution in [0, 0.1) is 0 Å². The van der Waals surface area contributed by atoms with Gasteiger partial charge in [-0.1, -0.05) is 48.3 Å². The molecule has 1 heterocycles. The van der Waals surface area contributed by atoms with E-state index >= 15 is 0 Å². The highest BCUT2D eigenvalue weighted by Crippen LogP contribution is 2.38. The summed E-state index contributed by atoms with van der Waals surface area (Å²) in [7, 11) is 0. The van der Waals surface area contributed by atoms with Gasteiger partial charge in [0.15, 0.2) is 0 Å². The van der Waals surface area contributed by atoms with Gasteiger partial charge in [-0.15, -0.1) is 0 Å². The van der Waals surface area contributed by atoms with Crippen LogP contribution < -0.4 is 0 Å². The Morgan fingerprint density at radius 2 is 1.35 bits per heavy atom. The Hall–Kier alpha value is 0.650. The van der Waals surface area contributed by atoms with Gasteiger partial charge in [0, 0.05) is 11.1 Å². The fourth-order valence-electron chi connectivity index (χ4n) is 3.39. The predicted molar refractivity (Wildman–Crippen MR) is 96.4 cm³/mol. The van der Waals surface area contributed by atoms with Crippen LogP contribution in [0.25, 0.3) is 0 Å². The molecule has 20 heavy (non-hydrogen) atoms. The van der Waals surface area contributed by atoms with E-state index in [0.717, 1.165) is 6.61 Å². The number of nitrogens with zero attached hydrogens (tertiary/aromatic N) is 1. The summed E-state index contributed by atoms with van der Waals surface area (Å²) < 4.78 is 1.31. The normalized spacial score (nSPS) is 22.1. The molecule has 1 aliphatic heterocycles. The number of unbranched alkanes of at least 4 members (excludes halogenated alkanes) is 5. The molecule has 1 aliphatic rings. The minimum Gasteiger partial charge on any atom is -0.298 e. The van der Waals surface area contributed by atoms with Crippen LogP contribution in [0.1, 0.15) is 85.5 Å². The number of rotatable bonds is 9. The van der Waals surface area contributed by atoms with Gasteiger partial charge in [0.25, 0.3) is 0 Å². The number of halogens is 1. The van der Waals surface area contributed by atoms with E-state index in [2.05, 4.69) is 55.3 Å². The van der Waals surface area contributed by atoms with E-state index in [9.17, 15) is 0 Å². The highest BCUT2D eigenvalue weighted by Gasteiger charge is 2.42. The van der Waals surface area contributed by atoms with E-state index in [1.165, 1.54) is 62.2 Å². The number of hydrogen-bond acceptors (Lipinski definition) is 2. The van der Waals surface area contributed by atoms with Crippen molar-refractivity contribution in [3.63, 3.8) is 0 Å². The standard InChI is InChI=1S/C17H34INO/c1-16(2)12-11-13-17(3,4)19(16)20-15-10-8-6-5-7-9-14-18/h5-15H2,1-4H3. The molecule has 0 amide bonds. The first-order chi connectivity index (χ1) is 9.40. The van der Waals surface area contributed by atoms with Gasteiger partial charge < -0.3 is 0 Å². The molecule has 0 saturated carbocycles. The Kier molecular flexibility index (Phi) is 8.36. The maximum absolute atomic E-state index is 6.17. The van der Waals surface area contributed by atoms with E-state index in [4.69, 9.17) is 4.84 Å². The highest BCUT2D eigenvalue weighted by atomic mass is 127. The summed E-state index contributed by atoms with van der Waals surface area (Å²) in [4.78, 5) is 6.17. The van der Waals surface area contributed by atoms with Crippen LogP contribution in [-0.2, 0) is 4.84 Å². The number of hydroxylamine groups is 2. The average molecular weight is 395 g/mol. The molecule has 3 heteroatoms. The Balaban J connectivity index is 2.19. The van der Waals surface area contributed by atoms with Gasteiger partial charge in [0.2, 0.25) is 0 Å². The van der Waals surface area contributed by atoms with Crippen molar-refractivity contribution in [2.75, 3.05) is 11.0 Å². The largest absolute Gasteiger partial charge is 0.298 e. The van der Waals surface area contributed by atoms with Crippen molar-refractivity contribution in [3.05, 3.63) is 0 Å². The SMILES string of the molecule is CC1(C)CCCC(C)(C)N1OCCCCCCCCI. The Bertz CT molecular complexity index is 250. The Morgan fingerprint density at radius 1 is 0.850 bits per heavy atom. The topological polar surface area (TPSA) is 12.5 Å². The zero-order valence-corrected chi connectivity index (χ0v) is 16.2. The van der Waals surface area contributed by atoms with Crippen LogP contribution in [0.2, 0.25) is 0 Å². The van der Waals surface area contributed by atoms with Crippen LogP contribution in [-0.4, -0.2) is 27.2 Å². The predicted octanol–water partition coefficient (Wildman–Crippen LogP) is 5.74. The summed E-state index contributed by atoms with van der Waals surface area (Å²) in [5.41, 5.74) is 0.365. The molecule has 0 unspecified atom stereocenters. The molecule has 0 aromatic carbocycles. The van der Waals surface area contributed by atoms with Crippen molar-refractivity contribution in [3.8, 4) is 0 Å². The fourth-order valence-corrected chi connectivity index (χ4v) is 3.92. The van der Waals surface area contributed by atoms with Crippen molar-refractivity contribution in [2.24, 2.45) is 0 Å². The van der Waals surface area contributed by atoms with Crippen molar-refractivity contribution in [1.29, 1.82) is 0 Å². The summed E-state index contributed by atoms with van der Waals surface area (Å²) in [6.07, 6.45) is 11.9. The van der Waals surface area contributed by atoms with Crippen LogP contribution in [0.4, 0.5) is 0 Å². The molecule has 0 radical (unpaired) electrons. The number of hydrogen-bond donors (Lipinski definition) is 0. The van der Waals surface area contributed by atoms with Crippen LogP contribution in [0.5, 0.6) is 0 Å². The first kappa shape index (κ1) is 18.7. The van der Waals surface area contributed by atoms with Crippen molar-refractivity contribution >= 4 is 22.6 Å². The third-order valence-corrected chi connectivity index (χ3v) is 5.19. The molecular formula is C17H34INO. The summed E-state index contributed by atoms with van der Waals surface area (Å²) in [5.74, 6) is 0. The van der Waals surface area contributed by atoms with Crippen molar-refractivity contribution < 1.29 is 4.84 Å². The van der Waals surface area contributed by atoms with E-state index in [0.29, 0.717) is 0 Å². The second kappa shape index (κ2) is 8.94. The molecule has 1 rings (SSSR count). The summed E-state index contributed by atoms with van der Waals surface area (Å²) >= 11 is 2.47. The van der Waals surface area contributed by atoms with Crippen LogP contribution in [0.3, 0.4) is 0 Å². The molecule has 0 atom stereocenters. The minimum atomic E-state index is 0.183. The molecule has 1 saturated heterocycles. The van der Waals surface area contributed by atoms with Gasteiger partial charge in [0.05, 0.1) is 6.61 Å². The van der Waals surface area contributed by atoms with E-state index in [1.54, 1.807) is 0 Å². The second-order valence-corrected chi connectivity index (χ2v) is 8.50. The lowest BCUT2D eigenvalue weighted by molar-refractivity contribution is -0.281. The molecule has 0 bridgehead atoms. The van der Waals surface area contributed by atoms with Gasteiger partial charge in [-0.05, 0) is 64.2 Å². The fraction of sp³-hybridized carbons (Fsp3) is 1.00. The zero-order valence-electron chi connectivity index (χ0n) is 14.0. The highest BCUT2D eigenvalue weighted by molar-refractivity contribution is 14.1. The Labute approximate surface area is 140 Å². The monoisotopic (exact) mass is 395 g/mol. The molecule has 0 aromatic rings. The van der Waals surface area contributed by atoms with Gasteiger partial charge in [-0.25, -0.2) is 0 Å². The van der Waals surface area contributed by atoms with E-state index < -0.39 is 0 Å². The molecule has 0 aliphatic carbocycles. The lowest BCUT2D eigenvalue weighted by Gasteiger charge is -2.51. The van der Waals surface area contributed by atoms with Crippen molar-refractivity contribution in [1.82, 2.24) is 5.06 Å². The van der Waals surface area contributed by atoms with E-state index in [-0.39, 0.29) is 11.1 Å². The zero-order chi connectivity index (χ0) is 15.1. The first-order valence-electron chi connectivity index (χ1n) is 8.39. The lowest BCUT2D eigenvalue weighted by Crippen LogP contribution is -2.58. The smallest absolute Gasteiger partial charge is 0.0685 e. The average Bonchev–Trinajstić information content (AvgIpc) is 2.34. The van der Waals surface area contributed by atoms with Gasteiger partial charge >= 0.3 is 0 Å². The summed E-state index contributed by atoms with van der Waals surface area (Å²) in [6.45, 7) is 10.2. The molecule has 120 valence electrons. The van der Waals surface area contributed by atoms with Gasteiger partial charge in [0.1, 0.15) is 0 Å². The first-order valence-corrected chi connectivity index (χ1v) is 9.92. The molecular weight excluding hydrogens is 361 g/mol. The maximum atomic E-state index is 6.17. The van der Waals surface area contributed by atoms with E-state index in [1.807, 2.05) is 0 Å².